The maximum Gasteiger partial charge on any atom is 0.292 e. The summed E-state index contributed by atoms with van der Waals surface area (Å²) in [4.78, 5) is 27.3. The van der Waals surface area contributed by atoms with E-state index >= 15 is 0 Å². The number of anilines is 1. The number of hydrogen-bond donors (Lipinski definition) is 1. The van der Waals surface area contributed by atoms with E-state index in [4.69, 9.17) is 4.74 Å². The lowest BCUT2D eigenvalue weighted by Crippen LogP contribution is -2.92. The van der Waals surface area contributed by atoms with Crippen LogP contribution in [0.2, 0.25) is 0 Å². The van der Waals surface area contributed by atoms with Crippen molar-refractivity contribution in [1.29, 1.82) is 0 Å². The molecule has 0 radical (unpaired) electrons. The lowest BCUT2D eigenvalue weighted by atomic mass is 10.2. The summed E-state index contributed by atoms with van der Waals surface area (Å²) in [5, 5.41) is 4.02. The van der Waals surface area contributed by atoms with E-state index in [1.54, 1.807) is 42.7 Å². The van der Waals surface area contributed by atoms with Gasteiger partial charge in [0.25, 0.3) is 5.91 Å². The summed E-state index contributed by atoms with van der Waals surface area (Å²) < 4.78 is 5.10. The summed E-state index contributed by atoms with van der Waals surface area (Å²) in [6.07, 6.45) is 1.17. The van der Waals surface area contributed by atoms with Gasteiger partial charge in [0.15, 0.2) is 6.04 Å². The highest BCUT2D eigenvalue weighted by atomic mass is 32.1. The molecule has 5 nitrogen and oxygen atoms in total. The minimum Gasteiger partial charge on any atom is -0.497 e. The standard InChI is InChI=1S/C17H18N2O3S/c1-22-13-6-4-12(5-7-13)19-16(20)11-15(17(19)21)18-9-8-14-3-2-10-23-14/h2-7,10,15,18H,8-9,11H2,1H3/p+1/t15-/m0/s1. The molecule has 1 aliphatic heterocycles. The molecule has 1 saturated heterocycles. The number of nitrogens with two attached hydrogens (primary N) is 1. The molecule has 1 aromatic heterocycles. The number of thiophene rings is 1. The van der Waals surface area contributed by atoms with E-state index in [1.807, 2.05) is 16.8 Å². The van der Waals surface area contributed by atoms with Crippen LogP contribution in [0.4, 0.5) is 5.69 Å². The van der Waals surface area contributed by atoms with E-state index in [9.17, 15) is 9.59 Å². The highest BCUT2D eigenvalue weighted by molar-refractivity contribution is 7.09. The van der Waals surface area contributed by atoms with Gasteiger partial charge >= 0.3 is 0 Å². The second-order valence-electron chi connectivity index (χ2n) is 5.43. The summed E-state index contributed by atoms with van der Waals surface area (Å²) in [7, 11) is 1.58. The molecule has 2 amide bonds. The predicted octanol–water partition coefficient (Wildman–Crippen LogP) is 1.19. The van der Waals surface area contributed by atoms with E-state index in [-0.39, 0.29) is 24.3 Å². The molecular weight excluding hydrogens is 312 g/mol. The topological polar surface area (TPSA) is 63.2 Å². The largest absolute Gasteiger partial charge is 0.497 e. The number of carbonyl (C=O) groups is 2. The van der Waals surface area contributed by atoms with Crippen LogP contribution < -0.4 is 15.0 Å². The van der Waals surface area contributed by atoms with Gasteiger partial charge in [-0.2, -0.15) is 0 Å². The van der Waals surface area contributed by atoms with Crippen LogP contribution in [0.25, 0.3) is 0 Å². The summed E-state index contributed by atoms with van der Waals surface area (Å²) >= 11 is 1.71. The van der Waals surface area contributed by atoms with Crippen molar-refractivity contribution >= 4 is 28.8 Å². The fourth-order valence-corrected chi connectivity index (χ4v) is 3.45. The molecule has 0 saturated carbocycles. The first-order valence-corrected chi connectivity index (χ1v) is 8.43. The Balaban J connectivity index is 1.62. The van der Waals surface area contributed by atoms with Gasteiger partial charge in [-0.3, -0.25) is 9.59 Å². The Morgan fingerprint density at radius 1 is 1.26 bits per heavy atom. The third-order valence-electron chi connectivity index (χ3n) is 3.93. The minimum absolute atomic E-state index is 0.133. The number of amides is 2. The van der Waals surface area contributed by atoms with E-state index in [2.05, 4.69) is 6.07 Å². The fourth-order valence-electron chi connectivity index (χ4n) is 2.72. The van der Waals surface area contributed by atoms with Crippen LogP contribution in [-0.4, -0.2) is 31.5 Å². The van der Waals surface area contributed by atoms with Crippen molar-refractivity contribution in [2.45, 2.75) is 18.9 Å². The normalized spacial score (nSPS) is 17.8. The number of benzene rings is 1. The van der Waals surface area contributed by atoms with Crippen LogP contribution in [0.3, 0.4) is 0 Å². The number of imide groups is 1. The van der Waals surface area contributed by atoms with Crippen molar-refractivity contribution in [1.82, 2.24) is 0 Å². The quantitative estimate of drug-likeness (QED) is 0.809. The van der Waals surface area contributed by atoms with E-state index in [0.717, 1.165) is 13.0 Å². The highest BCUT2D eigenvalue weighted by Crippen LogP contribution is 2.24. The Labute approximate surface area is 138 Å². The highest BCUT2D eigenvalue weighted by Gasteiger charge is 2.42. The molecule has 1 atom stereocenters. The number of carbonyl (C=O) groups excluding carboxylic acids is 2. The first kappa shape index (κ1) is 15.7. The van der Waals surface area contributed by atoms with Gasteiger partial charge in [0, 0.05) is 11.3 Å². The van der Waals surface area contributed by atoms with Crippen LogP contribution >= 0.6 is 11.3 Å². The predicted molar refractivity (Wildman–Crippen MR) is 88.7 cm³/mol. The van der Waals surface area contributed by atoms with Crippen molar-refractivity contribution in [2.24, 2.45) is 0 Å². The van der Waals surface area contributed by atoms with Gasteiger partial charge in [-0.25, -0.2) is 4.90 Å². The van der Waals surface area contributed by atoms with Crippen LogP contribution in [0.1, 0.15) is 11.3 Å². The molecule has 0 aliphatic carbocycles. The smallest absolute Gasteiger partial charge is 0.292 e. The molecule has 1 fully saturated rings. The fraction of sp³-hybridized carbons (Fsp3) is 0.294. The van der Waals surface area contributed by atoms with Gasteiger partial charge < -0.3 is 10.1 Å². The zero-order chi connectivity index (χ0) is 16.2. The molecule has 2 aromatic rings. The van der Waals surface area contributed by atoms with Crippen molar-refractivity contribution < 1.29 is 19.6 Å². The van der Waals surface area contributed by atoms with Crippen LogP contribution in [-0.2, 0) is 16.0 Å². The third-order valence-corrected chi connectivity index (χ3v) is 4.87. The maximum absolute atomic E-state index is 12.5. The first-order valence-electron chi connectivity index (χ1n) is 7.55. The van der Waals surface area contributed by atoms with Crippen LogP contribution in [0.15, 0.2) is 41.8 Å². The monoisotopic (exact) mass is 331 g/mol. The van der Waals surface area contributed by atoms with Gasteiger partial charge in [-0.05, 0) is 35.7 Å². The third kappa shape index (κ3) is 3.43. The molecule has 120 valence electrons. The van der Waals surface area contributed by atoms with Gasteiger partial charge in [0.2, 0.25) is 5.91 Å². The Morgan fingerprint density at radius 2 is 2.04 bits per heavy atom. The maximum atomic E-state index is 12.5. The summed E-state index contributed by atoms with van der Waals surface area (Å²) in [6, 6.07) is 10.8. The van der Waals surface area contributed by atoms with Gasteiger partial charge in [-0.1, -0.05) is 6.07 Å². The van der Waals surface area contributed by atoms with Crippen LogP contribution in [0.5, 0.6) is 5.75 Å². The average Bonchev–Trinajstić information content (AvgIpc) is 3.17. The van der Waals surface area contributed by atoms with Gasteiger partial charge in [0.1, 0.15) is 5.75 Å². The van der Waals surface area contributed by atoms with Crippen molar-refractivity contribution in [2.75, 3.05) is 18.6 Å². The Hall–Kier alpha value is -2.18. The molecule has 23 heavy (non-hydrogen) atoms. The number of hydrogen-bond acceptors (Lipinski definition) is 4. The van der Waals surface area contributed by atoms with Crippen molar-refractivity contribution in [3.63, 3.8) is 0 Å². The van der Waals surface area contributed by atoms with E-state index in [1.165, 1.54) is 9.78 Å². The zero-order valence-corrected chi connectivity index (χ0v) is 13.7. The lowest BCUT2D eigenvalue weighted by Gasteiger charge is -2.14. The summed E-state index contributed by atoms with van der Waals surface area (Å²) in [5.41, 5.74) is 0.606. The average molecular weight is 331 g/mol. The van der Waals surface area contributed by atoms with Crippen LogP contribution in [0, 0.1) is 0 Å². The summed E-state index contributed by atoms with van der Waals surface area (Å²) in [5.74, 6) is 0.427. The second-order valence-corrected chi connectivity index (χ2v) is 6.46. The van der Waals surface area contributed by atoms with Gasteiger partial charge in [0.05, 0.1) is 25.8 Å². The number of methoxy groups -OCH3 is 1. The van der Waals surface area contributed by atoms with Crippen molar-refractivity contribution in [3.8, 4) is 5.75 Å². The minimum atomic E-state index is -0.315. The molecule has 3 rings (SSSR count). The van der Waals surface area contributed by atoms with Gasteiger partial charge in [-0.15, -0.1) is 11.3 Å². The molecular formula is C17H19N2O3S+. The molecule has 2 N–H and O–H groups in total. The zero-order valence-electron chi connectivity index (χ0n) is 12.9. The molecule has 6 heteroatoms. The number of quaternary nitrogens is 1. The Morgan fingerprint density at radius 3 is 2.70 bits per heavy atom. The first-order chi connectivity index (χ1) is 11.2. The SMILES string of the molecule is COc1ccc(N2C(=O)C[C@H]([NH2+]CCc3cccs3)C2=O)cc1. The molecule has 1 aromatic carbocycles. The number of ether oxygens (including phenoxy) is 1. The molecule has 1 aliphatic rings. The molecule has 0 spiro atoms. The molecule has 0 bridgehead atoms. The second kappa shape index (κ2) is 6.93. The van der Waals surface area contributed by atoms with E-state index in [0.29, 0.717) is 11.4 Å². The summed E-state index contributed by atoms with van der Waals surface area (Å²) in [6.45, 7) is 0.806. The van der Waals surface area contributed by atoms with E-state index < -0.39 is 0 Å². The molecule has 0 unspecified atom stereocenters. The van der Waals surface area contributed by atoms with Crippen molar-refractivity contribution in [3.05, 3.63) is 46.7 Å². The Kier molecular flexibility index (Phi) is 4.73. The Bertz CT molecular complexity index is 682. The number of rotatable bonds is 6. The number of nitrogens with zero attached hydrogens (tertiary/aromatic N) is 1. The lowest BCUT2D eigenvalue weighted by molar-refractivity contribution is -0.674. The molecule has 2 heterocycles.